The van der Waals surface area contributed by atoms with Gasteiger partial charge in [0.15, 0.2) is 0 Å². The fraction of sp³-hybridized carbons (Fsp3) is 0.556. The van der Waals surface area contributed by atoms with E-state index in [0.29, 0.717) is 11.0 Å². The van der Waals surface area contributed by atoms with E-state index in [2.05, 4.69) is 21.0 Å². The largest absolute Gasteiger partial charge is 0.404 e. The molecule has 1 unspecified atom stereocenters. The molecule has 2 heterocycles. The molecule has 0 aromatic carbocycles. The Hall–Kier alpha value is -1.44. The molecule has 0 bridgehead atoms. The first kappa shape index (κ1) is 12.0. The van der Waals surface area contributed by atoms with Crippen LogP contribution < -0.4 is 0 Å². The molecule has 92 valence electrons. The van der Waals surface area contributed by atoms with Crippen molar-refractivity contribution in [2.24, 2.45) is 5.92 Å². The maximum Gasteiger partial charge on any atom is 0.404 e. The summed E-state index contributed by atoms with van der Waals surface area (Å²) in [6, 6.07) is 0. The van der Waals surface area contributed by atoms with Crippen LogP contribution in [0.4, 0.5) is 5.82 Å². The van der Waals surface area contributed by atoms with Crippen LogP contribution in [0.2, 0.25) is 0 Å². The van der Waals surface area contributed by atoms with Crippen molar-refractivity contribution in [1.82, 2.24) is 14.7 Å². The molecule has 0 spiro atoms. The number of rotatable bonds is 3. The number of hydrogen-bond acceptors (Lipinski definition) is 4. The average Bonchev–Trinajstić information content (AvgIpc) is 2.76. The maximum absolute atomic E-state index is 11.7. The van der Waals surface area contributed by atoms with Crippen molar-refractivity contribution in [3.63, 3.8) is 0 Å². The zero-order valence-electron chi connectivity index (χ0n) is 9.17. The fourth-order valence-corrected chi connectivity index (χ4v) is 2.35. The molecule has 0 saturated carbocycles. The van der Waals surface area contributed by atoms with E-state index in [0.717, 1.165) is 13.0 Å². The van der Waals surface area contributed by atoms with Crippen LogP contribution in [0.3, 0.4) is 0 Å². The highest BCUT2D eigenvalue weighted by Crippen LogP contribution is 2.24. The Kier molecular flexibility index (Phi) is 3.14. The quantitative estimate of drug-likeness (QED) is 0.617. The van der Waals surface area contributed by atoms with E-state index in [4.69, 9.17) is 0 Å². The van der Waals surface area contributed by atoms with Crippen molar-refractivity contribution in [3.05, 3.63) is 20.8 Å². The Labute approximate surface area is 106 Å². The molecule has 7 nitrogen and oxygen atoms in total. The predicted molar refractivity (Wildman–Crippen MR) is 62.3 cm³/mol. The summed E-state index contributed by atoms with van der Waals surface area (Å²) in [5.74, 6) is -0.283. The summed E-state index contributed by atoms with van der Waals surface area (Å²) in [5.41, 5.74) is 0. The number of carbonyl (C=O) groups excluding carboxylic acids is 1. The lowest BCUT2D eigenvalue weighted by Gasteiger charge is -2.08. The molecule has 0 aliphatic carbocycles. The van der Waals surface area contributed by atoms with Crippen LogP contribution in [0.5, 0.6) is 0 Å². The Balaban J connectivity index is 2.12. The van der Waals surface area contributed by atoms with Crippen LogP contribution in [-0.4, -0.2) is 39.1 Å². The summed E-state index contributed by atoms with van der Waals surface area (Å²) >= 11 is 3.07. The van der Waals surface area contributed by atoms with Crippen molar-refractivity contribution in [1.29, 1.82) is 0 Å². The number of likely N-dealkylation sites (tertiary alicyclic amines) is 1. The van der Waals surface area contributed by atoms with Crippen LogP contribution in [-0.2, 0) is 11.3 Å². The van der Waals surface area contributed by atoms with E-state index in [1.165, 1.54) is 10.9 Å². The third kappa shape index (κ3) is 2.31. The normalized spacial score (nSPS) is 20.0. The number of halogens is 1. The summed E-state index contributed by atoms with van der Waals surface area (Å²) in [6.45, 7) is 1.11. The van der Waals surface area contributed by atoms with Crippen molar-refractivity contribution >= 4 is 27.7 Å². The molecule has 0 N–H and O–H groups in total. The van der Waals surface area contributed by atoms with E-state index in [-0.39, 0.29) is 17.6 Å². The van der Waals surface area contributed by atoms with Gasteiger partial charge in [-0.05, 0) is 27.3 Å². The minimum Gasteiger partial charge on any atom is -0.358 e. The van der Waals surface area contributed by atoms with Gasteiger partial charge in [-0.3, -0.25) is 4.79 Å². The molecule has 1 aliphatic rings. The fourth-order valence-electron chi connectivity index (χ4n) is 1.89. The number of hydrogen-bond donors (Lipinski definition) is 0. The van der Waals surface area contributed by atoms with Gasteiger partial charge in [0, 0.05) is 13.6 Å². The zero-order chi connectivity index (χ0) is 12.6. The molecule has 1 aromatic rings. The number of amides is 1. The molecule has 1 atom stereocenters. The van der Waals surface area contributed by atoms with Gasteiger partial charge in [-0.1, -0.05) is 0 Å². The van der Waals surface area contributed by atoms with Crippen LogP contribution in [0, 0.1) is 16.0 Å². The summed E-state index contributed by atoms with van der Waals surface area (Å²) in [5, 5.41) is 14.4. The van der Waals surface area contributed by atoms with E-state index in [9.17, 15) is 14.9 Å². The maximum atomic E-state index is 11.7. The Morgan fingerprint density at radius 2 is 2.41 bits per heavy atom. The third-order valence-corrected chi connectivity index (χ3v) is 3.38. The summed E-state index contributed by atoms with van der Waals surface area (Å²) in [6.07, 6.45) is 2.30. The van der Waals surface area contributed by atoms with Crippen molar-refractivity contribution < 1.29 is 9.72 Å². The van der Waals surface area contributed by atoms with Gasteiger partial charge >= 0.3 is 5.82 Å². The Morgan fingerprint density at radius 3 is 2.88 bits per heavy atom. The minimum atomic E-state index is -0.552. The van der Waals surface area contributed by atoms with Gasteiger partial charge in [0.05, 0.1) is 23.8 Å². The van der Waals surface area contributed by atoms with Gasteiger partial charge < -0.3 is 15.0 Å². The molecule has 1 fully saturated rings. The lowest BCUT2D eigenvalue weighted by atomic mass is 10.1. The topological polar surface area (TPSA) is 81.3 Å². The van der Waals surface area contributed by atoms with Crippen LogP contribution in [0.15, 0.2) is 10.7 Å². The van der Waals surface area contributed by atoms with Gasteiger partial charge in [0.25, 0.3) is 0 Å². The number of nitro groups is 1. The molecular formula is C9H11BrN4O3. The SMILES string of the molecule is CN1CCC(Cn2cc(Br)c([N+](=O)[O-])n2)C1=O. The van der Waals surface area contributed by atoms with Gasteiger partial charge in [-0.2, -0.15) is 4.68 Å². The number of aromatic nitrogens is 2. The second-order valence-corrected chi connectivity index (χ2v) is 4.88. The van der Waals surface area contributed by atoms with Gasteiger partial charge in [-0.15, -0.1) is 0 Å². The smallest absolute Gasteiger partial charge is 0.358 e. The highest BCUT2D eigenvalue weighted by atomic mass is 79.9. The first-order valence-electron chi connectivity index (χ1n) is 5.11. The molecule has 1 aliphatic heterocycles. The second kappa shape index (κ2) is 4.44. The van der Waals surface area contributed by atoms with E-state index < -0.39 is 4.92 Å². The molecule has 17 heavy (non-hydrogen) atoms. The second-order valence-electron chi connectivity index (χ2n) is 4.03. The van der Waals surface area contributed by atoms with Crippen LogP contribution in [0.25, 0.3) is 0 Å². The minimum absolute atomic E-state index is 0.0688. The molecular weight excluding hydrogens is 292 g/mol. The zero-order valence-corrected chi connectivity index (χ0v) is 10.8. The van der Waals surface area contributed by atoms with Crippen LogP contribution >= 0.6 is 15.9 Å². The molecule has 1 amide bonds. The number of nitrogens with zero attached hydrogens (tertiary/aromatic N) is 4. The summed E-state index contributed by atoms with van der Waals surface area (Å²) in [4.78, 5) is 23.4. The molecule has 8 heteroatoms. The lowest BCUT2D eigenvalue weighted by Crippen LogP contribution is -2.25. The highest BCUT2D eigenvalue weighted by molar-refractivity contribution is 9.10. The van der Waals surface area contributed by atoms with Crippen molar-refractivity contribution in [3.8, 4) is 0 Å². The highest BCUT2D eigenvalue weighted by Gasteiger charge is 2.31. The van der Waals surface area contributed by atoms with Gasteiger partial charge in [-0.25, -0.2) is 0 Å². The van der Waals surface area contributed by atoms with Crippen molar-refractivity contribution in [2.75, 3.05) is 13.6 Å². The predicted octanol–water partition coefficient (Wildman–Crippen LogP) is 1.03. The van der Waals surface area contributed by atoms with E-state index in [1.807, 2.05) is 0 Å². The first-order valence-corrected chi connectivity index (χ1v) is 5.90. The van der Waals surface area contributed by atoms with Crippen molar-refractivity contribution in [2.45, 2.75) is 13.0 Å². The summed E-state index contributed by atoms with van der Waals surface area (Å²) in [7, 11) is 1.75. The Morgan fingerprint density at radius 1 is 1.71 bits per heavy atom. The molecule has 1 saturated heterocycles. The average molecular weight is 303 g/mol. The standard InChI is InChI=1S/C9H11BrN4O3/c1-12-3-2-6(9(12)15)4-13-5-7(10)8(11-13)14(16)17/h5-6H,2-4H2,1H3. The summed E-state index contributed by atoms with van der Waals surface area (Å²) < 4.78 is 1.78. The molecule has 0 radical (unpaired) electrons. The van der Waals surface area contributed by atoms with E-state index >= 15 is 0 Å². The molecule has 1 aromatic heterocycles. The van der Waals surface area contributed by atoms with Gasteiger partial charge in [0.1, 0.15) is 4.47 Å². The molecule has 2 rings (SSSR count). The monoisotopic (exact) mass is 302 g/mol. The van der Waals surface area contributed by atoms with Crippen LogP contribution in [0.1, 0.15) is 6.42 Å². The lowest BCUT2D eigenvalue weighted by molar-refractivity contribution is -0.390. The number of carbonyl (C=O) groups is 1. The van der Waals surface area contributed by atoms with Gasteiger partial charge in [0.2, 0.25) is 5.91 Å². The third-order valence-electron chi connectivity index (χ3n) is 2.82. The first-order chi connectivity index (χ1) is 7.99. The van der Waals surface area contributed by atoms with E-state index in [1.54, 1.807) is 11.9 Å². The Bertz CT molecular complexity index is 473.